The average Bonchev–Trinajstić information content (AvgIpc) is 3.29. The summed E-state index contributed by atoms with van der Waals surface area (Å²) in [6, 6.07) is 0.221. The molecule has 1 saturated carbocycles. The van der Waals surface area contributed by atoms with Crippen molar-refractivity contribution in [2.24, 2.45) is 5.84 Å². The van der Waals surface area contributed by atoms with E-state index in [0.29, 0.717) is 24.7 Å². The number of nitrogens with zero attached hydrogens (tertiary/aromatic N) is 3. The first-order valence-electron chi connectivity index (χ1n) is 7.44. The number of carbonyl (C=O) groups is 1. The first-order chi connectivity index (χ1) is 10.1. The fraction of sp³-hybridized carbons (Fsp3) is 0.643. The zero-order valence-corrected chi connectivity index (χ0v) is 12.5. The highest BCUT2D eigenvalue weighted by atomic mass is 16.2. The normalized spacial score (nSPS) is 22.3. The lowest BCUT2D eigenvalue weighted by atomic mass is 10.1. The first-order valence-corrected chi connectivity index (χ1v) is 7.44. The topological polar surface area (TPSA) is 96.2 Å². The molecule has 2 heterocycles. The lowest BCUT2D eigenvalue weighted by molar-refractivity contribution is -0.132. The van der Waals surface area contributed by atoms with E-state index in [0.717, 1.165) is 36.5 Å². The van der Waals surface area contributed by atoms with Crippen molar-refractivity contribution >= 4 is 17.5 Å². The Kier molecular flexibility index (Phi) is 3.67. The van der Waals surface area contributed by atoms with Crippen LogP contribution >= 0.6 is 0 Å². The number of nitrogens with two attached hydrogens (primary N) is 1. The number of nitrogen functional groups attached to an aromatic ring is 1. The third-order valence-electron chi connectivity index (χ3n) is 4.21. The summed E-state index contributed by atoms with van der Waals surface area (Å²) in [5, 5.41) is 3.46. The minimum atomic E-state index is 0.204. The second-order valence-electron chi connectivity index (χ2n) is 5.98. The smallest absolute Gasteiger partial charge is 0.222 e. The van der Waals surface area contributed by atoms with Gasteiger partial charge in [-0.25, -0.2) is 15.8 Å². The monoisotopic (exact) mass is 290 g/mol. The van der Waals surface area contributed by atoms with Gasteiger partial charge in [-0.3, -0.25) is 4.79 Å². The average molecular weight is 290 g/mol. The highest BCUT2D eigenvalue weighted by Gasteiger charge is 2.29. The number of hydrogen-bond donors (Lipinski definition) is 3. The molecule has 0 spiro atoms. The van der Waals surface area contributed by atoms with Crippen LogP contribution < -0.4 is 16.6 Å². The molecule has 2 aliphatic rings. The standard InChI is InChI=1S/C14H22N6O/c1-8-12(16-10-5-6-11(21)20(2)7-10)17-14(9-3-4-9)18-13(8)19-15/h9-10H,3-7,15H2,1-2H3,(H2,16,17,18,19). The third-order valence-corrected chi connectivity index (χ3v) is 4.21. The molecule has 3 rings (SSSR count). The van der Waals surface area contributed by atoms with Crippen molar-refractivity contribution in [1.29, 1.82) is 0 Å². The van der Waals surface area contributed by atoms with E-state index in [9.17, 15) is 4.79 Å². The Labute approximate surface area is 124 Å². The third kappa shape index (κ3) is 2.92. The molecule has 0 bridgehead atoms. The molecule has 1 aliphatic carbocycles. The Morgan fingerprint density at radius 1 is 1.24 bits per heavy atom. The molecule has 1 aliphatic heterocycles. The van der Waals surface area contributed by atoms with Gasteiger partial charge >= 0.3 is 0 Å². The van der Waals surface area contributed by atoms with Gasteiger partial charge in [-0.1, -0.05) is 0 Å². The van der Waals surface area contributed by atoms with E-state index in [1.54, 1.807) is 4.90 Å². The van der Waals surface area contributed by atoms with E-state index in [1.807, 2.05) is 14.0 Å². The molecule has 0 aromatic carbocycles. The first kappa shape index (κ1) is 14.1. The molecular formula is C14H22N6O. The number of amides is 1. The quantitative estimate of drug-likeness (QED) is 0.565. The SMILES string of the molecule is Cc1c(NN)nc(C2CC2)nc1NC1CCC(=O)N(C)C1. The summed E-state index contributed by atoms with van der Waals surface area (Å²) in [6.45, 7) is 2.65. The van der Waals surface area contributed by atoms with Gasteiger partial charge in [0.15, 0.2) is 0 Å². The van der Waals surface area contributed by atoms with Crippen LogP contribution in [0.4, 0.5) is 11.6 Å². The van der Waals surface area contributed by atoms with Crippen molar-refractivity contribution in [3.05, 3.63) is 11.4 Å². The van der Waals surface area contributed by atoms with E-state index in [1.165, 1.54) is 0 Å². The number of piperidine rings is 1. The number of nitrogens with one attached hydrogen (secondary N) is 2. The van der Waals surface area contributed by atoms with E-state index >= 15 is 0 Å². The fourth-order valence-corrected chi connectivity index (χ4v) is 2.66. The number of anilines is 2. The highest BCUT2D eigenvalue weighted by molar-refractivity contribution is 5.77. The van der Waals surface area contributed by atoms with Crippen LogP contribution in [0.15, 0.2) is 0 Å². The molecule has 1 amide bonds. The van der Waals surface area contributed by atoms with Gasteiger partial charge < -0.3 is 15.6 Å². The van der Waals surface area contributed by atoms with E-state index in [4.69, 9.17) is 5.84 Å². The number of likely N-dealkylation sites (tertiary alicyclic amines) is 1. The molecule has 21 heavy (non-hydrogen) atoms. The number of hydrogen-bond acceptors (Lipinski definition) is 6. The minimum Gasteiger partial charge on any atom is -0.365 e. The summed E-state index contributed by atoms with van der Waals surface area (Å²) in [5.74, 6) is 8.59. The van der Waals surface area contributed by atoms with Crippen LogP contribution in [0.1, 0.15) is 43.0 Å². The molecule has 1 aromatic heterocycles. The number of aromatic nitrogens is 2. The number of hydrazine groups is 1. The summed E-state index contributed by atoms with van der Waals surface area (Å²) in [7, 11) is 1.84. The molecule has 0 radical (unpaired) electrons. The van der Waals surface area contributed by atoms with Gasteiger partial charge in [0, 0.05) is 37.5 Å². The molecule has 1 saturated heterocycles. The van der Waals surface area contributed by atoms with Crippen molar-refractivity contribution in [3.63, 3.8) is 0 Å². The van der Waals surface area contributed by atoms with Gasteiger partial charge in [0.1, 0.15) is 17.5 Å². The van der Waals surface area contributed by atoms with Crippen LogP contribution in [-0.2, 0) is 4.79 Å². The molecule has 114 valence electrons. The second kappa shape index (κ2) is 5.48. The van der Waals surface area contributed by atoms with Crippen molar-refractivity contribution in [1.82, 2.24) is 14.9 Å². The van der Waals surface area contributed by atoms with E-state index < -0.39 is 0 Å². The van der Waals surface area contributed by atoms with Gasteiger partial charge in [0.2, 0.25) is 5.91 Å². The maximum absolute atomic E-state index is 11.6. The predicted molar refractivity (Wildman–Crippen MR) is 80.8 cm³/mol. The van der Waals surface area contributed by atoms with Crippen LogP contribution in [0.25, 0.3) is 0 Å². The maximum atomic E-state index is 11.6. The zero-order valence-electron chi connectivity index (χ0n) is 12.5. The van der Waals surface area contributed by atoms with Crippen LogP contribution in [0.5, 0.6) is 0 Å². The van der Waals surface area contributed by atoms with Gasteiger partial charge in [-0.05, 0) is 26.2 Å². The Morgan fingerprint density at radius 3 is 2.57 bits per heavy atom. The van der Waals surface area contributed by atoms with Gasteiger partial charge in [-0.15, -0.1) is 0 Å². The Bertz CT molecular complexity index is 557. The van der Waals surface area contributed by atoms with Gasteiger partial charge in [-0.2, -0.15) is 0 Å². The van der Waals surface area contributed by atoms with E-state index in [-0.39, 0.29) is 11.9 Å². The predicted octanol–water partition coefficient (Wildman–Crippen LogP) is 0.981. The molecule has 1 aromatic rings. The van der Waals surface area contributed by atoms with Crippen molar-refractivity contribution in [2.45, 2.75) is 44.6 Å². The summed E-state index contributed by atoms with van der Waals surface area (Å²) in [4.78, 5) is 22.5. The number of carbonyl (C=O) groups excluding carboxylic acids is 1. The van der Waals surface area contributed by atoms with Gasteiger partial charge in [0.25, 0.3) is 0 Å². The highest BCUT2D eigenvalue weighted by Crippen LogP contribution is 2.39. The molecule has 7 heteroatoms. The summed E-state index contributed by atoms with van der Waals surface area (Å²) in [6.07, 6.45) is 3.70. The lowest BCUT2D eigenvalue weighted by Crippen LogP contribution is -2.43. The maximum Gasteiger partial charge on any atom is 0.222 e. The van der Waals surface area contributed by atoms with Gasteiger partial charge in [0.05, 0.1) is 0 Å². The Morgan fingerprint density at radius 2 is 1.95 bits per heavy atom. The summed E-state index contributed by atoms with van der Waals surface area (Å²) >= 11 is 0. The summed E-state index contributed by atoms with van der Waals surface area (Å²) in [5.41, 5.74) is 3.57. The molecule has 1 atom stereocenters. The van der Waals surface area contributed by atoms with Crippen LogP contribution in [0.2, 0.25) is 0 Å². The van der Waals surface area contributed by atoms with Crippen LogP contribution in [0.3, 0.4) is 0 Å². The molecule has 7 nitrogen and oxygen atoms in total. The molecule has 4 N–H and O–H groups in total. The van der Waals surface area contributed by atoms with Crippen LogP contribution in [0, 0.1) is 6.92 Å². The second-order valence-corrected chi connectivity index (χ2v) is 5.98. The molecular weight excluding hydrogens is 268 g/mol. The largest absolute Gasteiger partial charge is 0.365 e. The molecule has 2 fully saturated rings. The number of likely N-dealkylation sites (N-methyl/N-ethyl adjacent to an activating group) is 1. The van der Waals surface area contributed by atoms with E-state index in [2.05, 4.69) is 20.7 Å². The zero-order chi connectivity index (χ0) is 15.0. The summed E-state index contributed by atoms with van der Waals surface area (Å²) < 4.78 is 0. The Balaban J connectivity index is 1.80. The Hall–Kier alpha value is -1.89. The van der Waals surface area contributed by atoms with Crippen molar-refractivity contribution in [2.75, 3.05) is 24.3 Å². The van der Waals surface area contributed by atoms with Crippen molar-refractivity contribution in [3.8, 4) is 0 Å². The van der Waals surface area contributed by atoms with Crippen molar-refractivity contribution < 1.29 is 4.79 Å². The minimum absolute atomic E-state index is 0.204. The lowest BCUT2D eigenvalue weighted by Gasteiger charge is -2.31. The number of rotatable bonds is 4. The molecule has 1 unspecified atom stereocenters. The van der Waals surface area contributed by atoms with Crippen LogP contribution in [-0.4, -0.2) is 40.4 Å². The fourth-order valence-electron chi connectivity index (χ4n) is 2.66.